The number of rotatable bonds is 4. The van der Waals surface area contributed by atoms with Gasteiger partial charge in [0.25, 0.3) is 0 Å². The van der Waals surface area contributed by atoms with Gasteiger partial charge in [-0.25, -0.2) is 0 Å². The van der Waals surface area contributed by atoms with Crippen molar-refractivity contribution in [1.82, 2.24) is 14.5 Å². The van der Waals surface area contributed by atoms with E-state index in [-0.39, 0.29) is 0 Å². The topological polar surface area (TPSA) is 14.7 Å². The average Bonchev–Trinajstić information content (AvgIpc) is 3.01. The van der Waals surface area contributed by atoms with Crippen molar-refractivity contribution in [2.45, 2.75) is 51.1 Å². The van der Waals surface area contributed by atoms with Crippen LogP contribution in [0.5, 0.6) is 0 Å². The maximum Gasteiger partial charge on any atom is 0.0704 e. The quantitative estimate of drug-likeness (QED) is 0.840. The van der Waals surface area contributed by atoms with Gasteiger partial charge in [-0.2, -0.15) is 0 Å². The molecular formula is C22H31N4. The zero-order valence-electron chi connectivity index (χ0n) is 15.9. The molecule has 0 atom stereocenters. The SMILES string of the molecule is [c]1cccc2c1c(CN1CCCCC1)cn2N1CCN(C2CCC2)CC1. The molecule has 139 valence electrons. The normalized spacial score (nSPS) is 23.5. The summed E-state index contributed by atoms with van der Waals surface area (Å²) in [6, 6.07) is 10.9. The third kappa shape index (κ3) is 3.14. The number of hydrogen-bond acceptors (Lipinski definition) is 3. The van der Waals surface area contributed by atoms with Crippen LogP contribution in [0.4, 0.5) is 0 Å². The number of nitrogens with zero attached hydrogens (tertiary/aromatic N) is 4. The molecule has 2 aromatic rings. The van der Waals surface area contributed by atoms with Gasteiger partial charge in [0.1, 0.15) is 0 Å². The Labute approximate surface area is 157 Å². The summed E-state index contributed by atoms with van der Waals surface area (Å²) in [5, 5.41) is 3.87. The minimum atomic E-state index is 0.876. The van der Waals surface area contributed by atoms with Crippen molar-refractivity contribution >= 4 is 10.9 Å². The molecule has 3 heterocycles. The Hall–Kier alpha value is -1.52. The Morgan fingerprint density at radius 2 is 1.73 bits per heavy atom. The fourth-order valence-electron chi connectivity index (χ4n) is 4.91. The monoisotopic (exact) mass is 351 g/mol. The Kier molecular flexibility index (Phi) is 4.63. The summed E-state index contributed by atoms with van der Waals surface area (Å²) in [6.45, 7) is 8.27. The van der Waals surface area contributed by atoms with Crippen LogP contribution >= 0.6 is 0 Å². The zero-order chi connectivity index (χ0) is 17.3. The molecule has 1 aromatic heterocycles. The fourth-order valence-corrected chi connectivity index (χ4v) is 4.91. The molecule has 5 rings (SSSR count). The second kappa shape index (κ2) is 7.24. The molecule has 3 aliphatic rings. The lowest BCUT2D eigenvalue weighted by molar-refractivity contribution is 0.114. The van der Waals surface area contributed by atoms with Crippen molar-refractivity contribution in [2.75, 3.05) is 44.3 Å². The van der Waals surface area contributed by atoms with Gasteiger partial charge in [0.15, 0.2) is 0 Å². The lowest BCUT2D eigenvalue weighted by atomic mass is 9.91. The van der Waals surface area contributed by atoms with Crippen LogP contribution in [0.15, 0.2) is 24.4 Å². The molecule has 0 unspecified atom stereocenters. The number of aromatic nitrogens is 1. The van der Waals surface area contributed by atoms with Gasteiger partial charge in [-0.15, -0.1) is 0 Å². The van der Waals surface area contributed by atoms with Crippen LogP contribution in [0.3, 0.4) is 0 Å². The molecule has 0 N–H and O–H groups in total. The maximum absolute atomic E-state index is 3.53. The van der Waals surface area contributed by atoms with Crippen LogP contribution in [0.25, 0.3) is 10.9 Å². The number of piperidine rings is 1. The van der Waals surface area contributed by atoms with Crippen LogP contribution < -0.4 is 5.01 Å². The van der Waals surface area contributed by atoms with E-state index in [1.165, 1.54) is 81.2 Å². The summed E-state index contributed by atoms with van der Waals surface area (Å²) >= 11 is 0. The van der Waals surface area contributed by atoms with E-state index in [2.05, 4.69) is 49.9 Å². The van der Waals surface area contributed by atoms with Crippen molar-refractivity contribution in [3.8, 4) is 0 Å². The van der Waals surface area contributed by atoms with Gasteiger partial charge in [-0.1, -0.05) is 25.0 Å². The van der Waals surface area contributed by atoms with E-state index in [0.29, 0.717) is 0 Å². The summed E-state index contributed by atoms with van der Waals surface area (Å²) in [4.78, 5) is 5.34. The molecule has 4 heteroatoms. The Balaban J connectivity index is 1.36. The zero-order valence-corrected chi connectivity index (χ0v) is 15.9. The van der Waals surface area contributed by atoms with Gasteiger partial charge < -0.3 is 5.01 Å². The third-order valence-electron chi connectivity index (χ3n) is 6.71. The molecule has 1 aromatic carbocycles. The molecule has 3 fully saturated rings. The van der Waals surface area contributed by atoms with E-state index >= 15 is 0 Å². The largest absolute Gasteiger partial charge is 0.310 e. The van der Waals surface area contributed by atoms with Crippen LogP contribution in [0, 0.1) is 6.07 Å². The van der Waals surface area contributed by atoms with E-state index in [1.54, 1.807) is 0 Å². The smallest absolute Gasteiger partial charge is 0.0704 e. The van der Waals surface area contributed by atoms with E-state index in [0.717, 1.165) is 25.7 Å². The van der Waals surface area contributed by atoms with E-state index < -0.39 is 0 Å². The molecule has 26 heavy (non-hydrogen) atoms. The van der Waals surface area contributed by atoms with Crippen molar-refractivity contribution in [1.29, 1.82) is 0 Å². The number of benzene rings is 1. The van der Waals surface area contributed by atoms with Gasteiger partial charge >= 0.3 is 0 Å². The lowest BCUT2D eigenvalue weighted by Crippen LogP contribution is -2.55. The molecule has 2 saturated heterocycles. The first kappa shape index (κ1) is 16.6. The first-order valence-electron chi connectivity index (χ1n) is 10.6. The summed E-state index contributed by atoms with van der Waals surface area (Å²) in [7, 11) is 0. The summed E-state index contributed by atoms with van der Waals surface area (Å²) in [5.74, 6) is 0. The van der Waals surface area contributed by atoms with Crippen LogP contribution in [-0.2, 0) is 6.54 Å². The van der Waals surface area contributed by atoms with Crippen LogP contribution in [0.2, 0.25) is 0 Å². The first-order chi connectivity index (χ1) is 12.9. The van der Waals surface area contributed by atoms with Gasteiger partial charge in [0.05, 0.1) is 5.52 Å². The highest BCUT2D eigenvalue weighted by Gasteiger charge is 2.28. The van der Waals surface area contributed by atoms with Crippen molar-refractivity contribution < 1.29 is 0 Å². The molecule has 0 amide bonds. The van der Waals surface area contributed by atoms with E-state index in [1.807, 2.05) is 0 Å². The van der Waals surface area contributed by atoms with Crippen molar-refractivity contribution in [3.63, 3.8) is 0 Å². The summed E-state index contributed by atoms with van der Waals surface area (Å²) in [6.07, 6.45) is 10.8. The lowest BCUT2D eigenvalue weighted by Gasteiger charge is -2.43. The Morgan fingerprint density at radius 1 is 0.923 bits per heavy atom. The van der Waals surface area contributed by atoms with Crippen LogP contribution in [-0.4, -0.2) is 59.8 Å². The molecule has 1 saturated carbocycles. The van der Waals surface area contributed by atoms with Gasteiger partial charge in [-0.3, -0.25) is 14.5 Å². The molecule has 1 aliphatic carbocycles. The number of likely N-dealkylation sites (tertiary alicyclic amines) is 1. The molecular weight excluding hydrogens is 320 g/mol. The predicted molar refractivity (Wildman–Crippen MR) is 107 cm³/mol. The number of piperazine rings is 1. The molecule has 0 spiro atoms. The van der Waals surface area contributed by atoms with Crippen LogP contribution in [0.1, 0.15) is 44.1 Å². The summed E-state index contributed by atoms with van der Waals surface area (Å²) in [5.41, 5.74) is 2.78. The molecule has 4 nitrogen and oxygen atoms in total. The molecule has 2 aliphatic heterocycles. The predicted octanol–water partition coefficient (Wildman–Crippen LogP) is 3.23. The standard InChI is InChI=1S/C22H31N4/c1-4-11-23(12-5-1)17-19-18-26(22-10-3-2-9-21(19)22)25-15-13-24(14-16-25)20-7-6-8-20/h2-3,10,18,20H,1,4-8,11-17H2. The molecule has 1 radical (unpaired) electrons. The van der Waals surface area contributed by atoms with E-state index in [4.69, 9.17) is 0 Å². The van der Waals surface area contributed by atoms with Crippen molar-refractivity contribution in [3.05, 3.63) is 36.0 Å². The second-order valence-corrected chi connectivity index (χ2v) is 8.34. The highest BCUT2D eigenvalue weighted by molar-refractivity contribution is 5.83. The Morgan fingerprint density at radius 3 is 2.46 bits per heavy atom. The fraction of sp³-hybridized carbons (Fsp3) is 0.636. The highest BCUT2D eigenvalue weighted by atomic mass is 15.6. The average molecular weight is 352 g/mol. The number of fused-ring (bicyclic) bond motifs is 1. The van der Waals surface area contributed by atoms with Gasteiger partial charge in [0, 0.05) is 50.3 Å². The molecule has 0 bridgehead atoms. The van der Waals surface area contributed by atoms with Gasteiger partial charge in [-0.05, 0) is 56.5 Å². The minimum absolute atomic E-state index is 0.876. The number of hydrogen-bond donors (Lipinski definition) is 0. The summed E-state index contributed by atoms with van der Waals surface area (Å²) < 4.78 is 2.43. The third-order valence-corrected chi connectivity index (χ3v) is 6.71. The van der Waals surface area contributed by atoms with Gasteiger partial charge in [0.2, 0.25) is 0 Å². The first-order valence-corrected chi connectivity index (χ1v) is 10.6. The van der Waals surface area contributed by atoms with E-state index in [9.17, 15) is 0 Å². The maximum atomic E-state index is 3.53. The second-order valence-electron chi connectivity index (χ2n) is 8.34. The minimum Gasteiger partial charge on any atom is -0.310 e. The highest BCUT2D eigenvalue weighted by Crippen LogP contribution is 2.27. The Bertz CT molecular complexity index is 734. The van der Waals surface area contributed by atoms with Crippen molar-refractivity contribution in [2.24, 2.45) is 0 Å².